The fourth-order valence-electron chi connectivity index (χ4n) is 4.10. The largest absolute Gasteiger partial charge is 0.465 e. The fraction of sp³-hybridized carbons (Fsp3) is 0.346. The van der Waals surface area contributed by atoms with Gasteiger partial charge in [-0.25, -0.2) is 14.8 Å². The molecule has 0 radical (unpaired) electrons. The molecule has 0 unspecified atom stereocenters. The molecule has 0 fully saturated rings. The third-order valence-electron chi connectivity index (χ3n) is 5.88. The average molecular weight is 461 g/mol. The molecule has 0 atom stereocenters. The van der Waals surface area contributed by atoms with Gasteiger partial charge >= 0.3 is 5.97 Å². The molecule has 0 saturated heterocycles. The van der Waals surface area contributed by atoms with E-state index in [2.05, 4.69) is 34.4 Å². The molecule has 2 aromatic heterocycles. The van der Waals surface area contributed by atoms with Crippen LogP contribution in [0.3, 0.4) is 0 Å². The number of H-pyrrole nitrogens is 1. The maximum Gasteiger partial charge on any atom is 0.337 e. The Balaban J connectivity index is 1.64. The van der Waals surface area contributed by atoms with Gasteiger partial charge < -0.3 is 25.7 Å². The van der Waals surface area contributed by atoms with Crippen LogP contribution in [0.4, 0.5) is 5.82 Å². The summed E-state index contributed by atoms with van der Waals surface area (Å²) in [5, 5.41) is 5.44. The molecule has 0 aliphatic rings. The maximum atomic E-state index is 12.0. The van der Waals surface area contributed by atoms with E-state index in [1.807, 2.05) is 24.3 Å². The van der Waals surface area contributed by atoms with E-state index in [0.717, 1.165) is 71.6 Å². The van der Waals surface area contributed by atoms with Gasteiger partial charge in [0.2, 0.25) is 0 Å². The van der Waals surface area contributed by atoms with E-state index in [-0.39, 0.29) is 5.97 Å². The van der Waals surface area contributed by atoms with E-state index in [4.69, 9.17) is 20.4 Å². The van der Waals surface area contributed by atoms with E-state index in [1.165, 1.54) is 7.11 Å². The minimum atomic E-state index is -0.367. The highest BCUT2D eigenvalue weighted by Crippen LogP contribution is 2.31. The second-order valence-corrected chi connectivity index (χ2v) is 8.48. The van der Waals surface area contributed by atoms with Crippen molar-refractivity contribution in [2.75, 3.05) is 45.7 Å². The number of nitrogens with two attached hydrogens (primary N) is 1. The Morgan fingerprint density at radius 3 is 2.68 bits per heavy atom. The molecule has 8 heteroatoms. The smallest absolute Gasteiger partial charge is 0.337 e. The Kier molecular flexibility index (Phi) is 7.72. The number of fused-ring (bicyclic) bond motifs is 3. The molecule has 0 aliphatic heterocycles. The molecule has 0 aliphatic carbocycles. The number of methoxy groups -OCH3 is 1. The summed E-state index contributed by atoms with van der Waals surface area (Å²) < 4.78 is 4.87. The summed E-state index contributed by atoms with van der Waals surface area (Å²) in [5.74, 6) is 1.17. The second-order valence-electron chi connectivity index (χ2n) is 8.48. The van der Waals surface area contributed by atoms with Crippen LogP contribution in [0.2, 0.25) is 0 Å². The zero-order valence-corrected chi connectivity index (χ0v) is 19.8. The fourth-order valence-corrected chi connectivity index (χ4v) is 4.10. The maximum absolute atomic E-state index is 12.0. The SMILES string of the molecule is COC(=O)c1ccc2c(c1)[nH]c1nc(Cc3ccccc3)nc(NCCCN(C)CCCN)c12. The Morgan fingerprint density at radius 1 is 1.12 bits per heavy atom. The molecule has 34 heavy (non-hydrogen) atoms. The first-order valence-electron chi connectivity index (χ1n) is 11.7. The molecule has 2 aromatic carbocycles. The number of carbonyl (C=O) groups excluding carboxylic acids is 1. The highest BCUT2D eigenvalue weighted by atomic mass is 16.5. The third-order valence-corrected chi connectivity index (χ3v) is 5.88. The molecular formula is C26H32N6O2. The van der Waals surface area contributed by atoms with Crippen molar-refractivity contribution in [1.82, 2.24) is 19.9 Å². The Morgan fingerprint density at radius 2 is 1.91 bits per heavy atom. The molecule has 4 rings (SSSR count). The highest BCUT2D eigenvalue weighted by Gasteiger charge is 2.16. The van der Waals surface area contributed by atoms with Crippen LogP contribution in [0.25, 0.3) is 21.9 Å². The van der Waals surface area contributed by atoms with Crippen LogP contribution in [0, 0.1) is 0 Å². The van der Waals surface area contributed by atoms with Crippen molar-refractivity contribution in [1.29, 1.82) is 0 Å². The van der Waals surface area contributed by atoms with E-state index in [0.29, 0.717) is 18.5 Å². The number of rotatable bonds is 11. The lowest BCUT2D eigenvalue weighted by Crippen LogP contribution is -2.24. The zero-order valence-electron chi connectivity index (χ0n) is 19.8. The van der Waals surface area contributed by atoms with Crippen LogP contribution in [0.15, 0.2) is 48.5 Å². The van der Waals surface area contributed by atoms with Crippen LogP contribution in [0.1, 0.15) is 34.6 Å². The predicted molar refractivity (Wildman–Crippen MR) is 136 cm³/mol. The summed E-state index contributed by atoms with van der Waals surface area (Å²) in [6, 6.07) is 15.7. The monoisotopic (exact) mass is 460 g/mol. The molecule has 178 valence electrons. The Labute approximate surface area is 199 Å². The molecule has 4 N–H and O–H groups in total. The van der Waals surface area contributed by atoms with Gasteiger partial charge in [0.1, 0.15) is 17.3 Å². The molecule has 0 spiro atoms. The number of hydrogen-bond donors (Lipinski definition) is 3. The lowest BCUT2D eigenvalue weighted by atomic mass is 10.1. The Hall–Kier alpha value is -3.49. The van der Waals surface area contributed by atoms with Crippen LogP contribution < -0.4 is 11.1 Å². The number of ether oxygens (including phenoxy) is 1. The molecule has 0 saturated carbocycles. The van der Waals surface area contributed by atoms with Crippen LogP contribution in [-0.2, 0) is 11.2 Å². The van der Waals surface area contributed by atoms with Gasteiger partial charge in [0.25, 0.3) is 0 Å². The summed E-state index contributed by atoms with van der Waals surface area (Å²) in [7, 11) is 3.50. The molecule has 0 amide bonds. The van der Waals surface area contributed by atoms with Crippen molar-refractivity contribution in [2.45, 2.75) is 19.3 Å². The van der Waals surface area contributed by atoms with Crippen molar-refractivity contribution < 1.29 is 9.53 Å². The number of hydrogen-bond acceptors (Lipinski definition) is 7. The summed E-state index contributed by atoms with van der Waals surface area (Å²) >= 11 is 0. The molecular weight excluding hydrogens is 428 g/mol. The quantitative estimate of drug-likeness (QED) is 0.232. The topological polar surface area (TPSA) is 109 Å². The van der Waals surface area contributed by atoms with Crippen molar-refractivity contribution in [2.24, 2.45) is 5.73 Å². The van der Waals surface area contributed by atoms with Gasteiger partial charge in [-0.1, -0.05) is 36.4 Å². The number of esters is 1. The first-order chi connectivity index (χ1) is 16.6. The van der Waals surface area contributed by atoms with Crippen molar-refractivity contribution >= 4 is 33.7 Å². The normalized spacial score (nSPS) is 11.4. The summed E-state index contributed by atoms with van der Waals surface area (Å²) in [6.07, 6.45) is 2.62. The van der Waals surface area contributed by atoms with Gasteiger partial charge in [-0.2, -0.15) is 0 Å². The first-order valence-corrected chi connectivity index (χ1v) is 11.7. The van der Waals surface area contributed by atoms with Gasteiger partial charge in [0.05, 0.1) is 18.1 Å². The third kappa shape index (κ3) is 5.52. The van der Waals surface area contributed by atoms with Gasteiger partial charge in [0, 0.05) is 23.9 Å². The summed E-state index contributed by atoms with van der Waals surface area (Å²) in [4.78, 5) is 27.4. The standard InChI is InChI=1S/C26H32N6O2/c1-32(14-6-12-27)15-7-13-28-24-23-20-11-10-19(26(33)34-2)17-21(20)29-25(23)31-22(30-24)16-18-8-4-3-5-9-18/h3-5,8-11,17H,6-7,12-16,27H2,1-2H3,(H2,28,29,30,31). The summed E-state index contributed by atoms with van der Waals surface area (Å²) in [5.41, 5.74) is 8.84. The van der Waals surface area contributed by atoms with E-state index in [1.54, 1.807) is 12.1 Å². The average Bonchev–Trinajstić information content (AvgIpc) is 3.23. The second kappa shape index (κ2) is 11.1. The minimum Gasteiger partial charge on any atom is -0.465 e. The van der Waals surface area contributed by atoms with Gasteiger partial charge in [-0.15, -0.1) is 0 Å². The number of aromatic nitrogens is 3. The first kappa shape index (κ1) is 23.7. The van der Waals surface area contributed by atoms with Crippen LogP contribution in [0.5, 0.6) is 0 Å². The number of benzene rings is 2. The van der Waals surface area contributed by atoms with Gasteiger partial charge in [0.15, 0.2) is 0 Å². The van der Waals surface area contributed by atoms with E-state index in [9.17, 15) is 4.79 Å². The number of nitrogens with one attached hydrogen (secondary N) is 2. The molecule has 8 nitrogen and oxygen atoms in total. The lowest BCUT2D eigenvalue weighted by Gasteiger charge is -2.16. The molecule has 0 bridgehead atoms. The van der Waals surface area contributed by atoms with Crippen molar-refractivity contribution in [3.05, 3.63) is 65.5 Å². The number of carbonyl (C=O) groups is 1. The lowest BCUT2D eigenvalue weighted by molar-refractivity contribution is 0.0601. The minimum absolute atomic E-state index is 0.367. The van der Waals surface area contributed by atoms with Gasteiger partial charge in [-0.3, -0.25) is 0 Å². The van der Waals surface area contributed by atoms with Crippen molar-refractivity contribution in [3.63, 3.8) is 0 Å². The zero-order chi connectivity index (χ0) is 23.9. The van der Waals surface area contributed by atoms with Crippen LogP contribution >= 0.6 is 0 Å². The van der Waals surface area contributed by atoms with E-state index < -0.39 is 0 Å². The van der Waals surface area contributed by atoms with Crippen LogP contribution in [-0.4, -0.2) is 66.2 Å². The Bertz CT molecular complexity index is 1250. The predicted octanol–water partition coefficient (Wildman–Crippen LogP) is 3.57. The van der Waals surface area contributed by atoms with E-state index >= 15 is 0 Å². The summed E-state index contributed by atoms with van der Waals surface area (Å²) in [6.45, 7) is 3.48. The van der Waals surface area contributed by atoms with Crippen molar-refractivity contribution in [3.8, 4) is 0 Å². The number of nitrogens with zero attached hydrogens (tertiary/aromatic N) is 3. The molecule has 4 aromatic rings. The highest BCUT2D eigenvalue weighted by molar-refractivity contribution is 6.12. The number of anilines is 1. The number of aromatic amines is 1. The molecule has 2 heterocycles. The van der Waals surface area contributed by atoms with Gasteiger partial charge in [-0.05, 0) is 57.2 Å².